The summed E-state index contributed by atoms with van der Waals surface area (Å²) in [5.41, 5.74) is 0.474. The fourth-order valence-corrected chi connectivity index (χ4v) is 1.85. The number of nitrogens with one attached hydrogen (secondary N) is 1. The molecule has 0 unspecified atom stereocenters. The summed E-state index contributed by atoms with van der Waals surface area (Å²) in [6, 6.07) is 9.01. The van der Waals surface area contributed by atoms with Gasteiger partial charge in [0.1, 0.15) is 11.6 Å². The van der Waals surface area contributed by atoms with Gasteiger partial charge in [-0.2, -0.15) is 5.26 Å². The largest absolute Gasteiger partial charge is 0.321 e. The van der Waals surface area contributed by atoms with Gasteiger partial charge in [-0.3, -0.25) is 4.79 Å². The average molecular weight is 228 g/mol. The van der Waals surface area contributed by atoms with E-state index in [0.29, 0.717) is 5.69 Å². The van der Waals surface area contributed by atoms with Crippen LogP contribution in [0.4, 0.5) is 0 Å². The molecule has 0 amide bonds. The summed E-state index contributed by atoms with van der Waals surface area (Å²) >= 11 is 1.62. The van der Waals surface area contributed by atoms with Gasteiger partial charge in [0.2, 0.25) is 0 Å². The molecule has 0 aliphatic rings. The molecule has 0 bridgehead atoms. The normalized spacial score (nSPS) is 10.4. The Balaban J connectivity index is 2.27. The number of thiophene rings is 1. The molecule has 0 radical (unpaired) electrons. The third-order valence-electron chi connectivity index (χ3n) is 2.02. The second-order valence-corrected chi connectivity index (χ2v) is 4.10. The first kappa shape index (κ1) is 10.4. The molecule has 0 aliphatic carbocycles. The van der Waals surface area contributed by atoms with Crippen molar-refractivity contribution in [1.82, 2.24) is 4.98 Å². The predicted molar refractivity (Wildman–Crippen MR) is 65.0 cm³/mol. The van der Waals surface area contributed by atoms with E-state index >= 15 is 0 Å². The molecule has 0 saturated heterocycles. The summed E-state index contributed by atoms with van der Waals surface area (Å²) in [5, 5.41) is 10.6. The summed E-state index contributed by atoms with van der Waals surface area (Å²) in [6.07, 6.45) is 3.73. The van der Waals surface area contributed by atoms with Crippen LogP contribution in [0.1, 0.15) is 16.1 Å². The molecule has 2 aromatic rings. The summed E-state index contributed by atoms with van der Waals surface area (Å²) in [4.78, 5) is 15.1. The van der Waals surface area contributed by atoms with Gasteiger partial charge in [0.25, 0.3) is 5.56 Å². The molecular formula is C12H8N2OS. The highest BCUT2D eigenvalue weighted by Crippen LogP contribution is 2.11. The zero-order chi connectivity index (χ0) is 11.4. The minimum Gasteiger partial charge on any atom is -0.321 e. The molecule has 78 valence electrons. The van der Waals surface area contributed by atoms with Crippen LogP contribution >= 0.6 is 11.3 Å². The predicted octanol–water partition coefficient (Wildman–Crippen LogP) is 2.48. The fraction of sp³-hybridized carbons (Fsp3) is 0. The minimum atomic E-state index is -0.351. The Morgan fingerprint density at radius 3 is 2.81 bits per heavy atom. The van der Waals surface area contributed by atoms with Gasteiger partial charge in [0, 0.05) is 10.6 Å². The third kappa shape index (κ3) is 2.27. The van der Waals surface area contributed by atoms with Gasteiger partial charge in [0.05, 0.1) is 0 Å². The Labute approximate surface area is 96.3 Å². The highest BCUT2D eigenvalue weighted by Gasteiger charge is 1.97. The lowest BCUT2D eigenvalue weighted by Gasteiger charge is -1.93. The van der Waals surface area contributed by atoms with Crippen LogP contribution in [0.2, 0.25) is 0 Å². The summed E-state index contributed by atoms with van der Waals surface area (Å²) in [6.45, 7) is 0. The van der Waals surface area contributed by atoms with Crippen LogP contribution in [0.3, 0.4) is 0 Å². The molecule has 0 atom stereocenters. The second-order valence-electron chi connectivity index (χ2n) is 3.12. The maximum Gasteiger partial charge on any atom is 0.266 e. The molecule has 0 fully saturated rings. The maximum atomic E-state index is 11.3. The van der Waals surface area contributed by atoms with Crippen molar-refractivity contribution in [3.8, 4) is 6.07 Å². The summed E-state index contributed by atoms with van der Waals surface area (Å²) in [5.74, 6) is 0. The average Bonchev–Trinajstić information content (AvgIpc) is 2.79. The van der Waals surface area contributed by atoms with Crippen molar-refractivity contribution >= 4 is 23.5 Å². The number of nitriles is 1. The van der Waals surface area contributed by atoms with E-state index in [1.54, 1.807) is 17.4 Å². The monoisotopic (exact) mass is 228 g/mol. The topological polar surface area (TPSA) is 56.6 Å². The van der Waals surface area contributed by atoms with Gasteiger partial charge < -0.3 is 4.98 Å². The molecule has 2 rings (SSSR count). The van der Waals surface area contributed by atoms with Crippen LogP contribution in [0.15, 0.2) is 34.4 Å². The molecule has 16 heavy (non-hydrogen) atoms. The van der Waals surface area contributed by atoms with E-state index in [2.05, 4.69) is 4.98 Å². The Hall–Kier alpha value is -2.12. The lowest BCUT2D eigenvalue weighted by molar-refractivity contribution is 1.19. The standard InChI is InChI=1S/C12H8N2OS/c13-8-9-3-4-10(14-12(9)15)5-6-11-2-1-7-16-11/h1-7H,(H,14,15)/b6-5+. The quantitative estimate of drug-likeness (QED) is 0.858. The third-order valence-corrected chi connectivity index (χ3v) is 2.86. The number of aromatic amines is 1. The van der Waals surface area contributed by atoms with Crippen LogP contribution in [-0.4, -0.2) is 4.98 Å². The van der Waals surface area contributed by atoms with Gasteiger partial charge in [-0.05, 0) is 35.7 Å². The van der Waals surface area contributed by atoms with Crippen molar-refractivity contribution in [3.63, 3.8) is 0 Å². The highest BCUT2D eigenvalue weighted by molar-refractivity contribution is 7.10. The van der Waals surface area contributed by atoms with Crippen molar-refractivity contribution in [1.29, 1.82) is 5.26 Å². The Kier molecular flexibility index (Phi) is 2.99. The number of nitrogens with zero attached hydrogens (tertiary/aromatic N) is 1. The molecule has 3 nitrogen and oxygen atoms in total. The van der Waals surface area contributed by atoms with Crippen molar-refractivity contribution in [3.05, 3.63) is 56.1 Å². The first-order valence-corrected chi connectivity index (χ1v) is 5.52. The van der Waals surface area contributed by atoms with Crippen molar-refractivity contribution < 1.29 is 0 Å². The molecule has 4 heteroatoms. The van der Waals surface area contributed by atoms with E-state index in [-0.39, 0.29) is 11.1 Å². The van der Waals surface area contributed by atoms with E-state index in [1.807, 2.05) is 35.7 Å². The number of hydrogen-bond donors (Lipinski definition) is 1. The first-order chi connectivity index (χ1) is 7.79. The lowest BCUT2D eigenvalue weighted by Crippen LogP contribution is -2.10. The molecule has 2 heterocycles. The smallest absolute Gasteiger partial charge is 0.266 e. The summed E-state index contributed by atoms with van der Waals surface area (Å²) < 4.78 is 0. The number of pyridine rings is 1. The van der Waals surface area contributed by atoms with Gasteiger partial charge in [-0.15, -0.1) is 11.3 Å². The SMILES string of the molecule is N#Cc1ccc(/C=C/c2cccs2)[nH]c1=O. The molecule has 2 aromatic heterocycles. The van der Waals surface area contributed by atoms with Gasteiger partial charge >= 0.3 is 0 Å². The zero-order valence-electron chi connectivity index (χ0n) is 8.31. The number of H-pyrrole nitrogens is 1. The molecule has 0 aliphatic heterocycles. The van der Waals surface area contributed by atoms with Gasteiger partial charge in [-0.25, -0.2) is 0 Å². The van der Waals surface area contributed by atoms with E-state index < -0.39 is 0 Å². The van der Waals surface area contributed by atoms with Crippen molar-refractivity contribution in [2.24, 2.45) is 0 Å². The van der Waals surface area contributed by atoms with E-state index in [0.717, 1.165) is 4.88 Å². The Bertz CT molecular complexity index is 603. The zero-order valence-corrected chi connectivity index (χ0v) is 9.12. The van der Waals surface area contributed by atoms with Gasteiger partial charge in [0.15, 0.2) is 0 Å². The Morgan fingerprint density at radius 2 is 2.19 bits per heavy atom. The van der Waals surface area contributed by atoms with Crippen LogP contribution in [0, 0.1) is 11.3 Å². The molecule has 0 aromatic carbocycles. The molecule has 0 saturated carbocycles. The van der Waals surface area contributed by atoms with Crippen LogP contribution in [-0.2, 0) is 0 Å². The van der Waals surface area contributed by atoms with Crippen molar-refractivity contribution in [2.45, 2.75) is 0 Å². The van der Waals surface area contributed by atoms with Crippen LogP contribution in [0.5, 0.6) is 0 Å². The van der Waals surface area contributed by atoms with Crippen molar-refractivity contribution in [2.75, 3.05) is 0 Å². The summed E-state index contributed by atoms with van der Waals surface area (Å²) in [7, 11) is 0. The van der Waals surface area contributed by atoms with Crippen LogP contribution < -0.4 is 5.56 Å². The molecule has 0 spiro atoms. The first-order valence-electron chi connectivity index (χ1n) is 4.64. The highest BCUT2D eigenvalue weighted by atomic mass is 32.1. The minimum absolute atomic E-state index is 0.133. The maximum absolute atomic E-state index is 11.3. The fourth-order valence-electron chi connectivity index (χ4n) is 1.23. The number of aromatic nitrogens is 1. The van der Waals surface area contributed by atoms with Crippen LogP contribution in [0.25, 0.3) is 12.2 Å². The van der Waals surface area contributed by atoms with Gasteiger partial charge in [-0.1, -0.05) is 6.07 Å². The number of hydrogen-bond acceptors (Lipinski definition) is 3. The Morgan fingerprint density at radius 1 is 1.31 bits per heavy atom. The van der Waals surface area contributed by atoms with E-state index in [1.165, 1.54) is 6.07 Å². The lowest BCUT2D eigenvalue weighted by atomic mass is 10.2. The molecule has 1 N–H and O–H groups in total. The van der Waals surface area contributed by atoms with E-state index in [9.17, 15) is 4.79 Å². The second kappa shape index (κ2) is 4.60. The molecular weight excluding hydrogens is 220 g/mol. The van der Waals surface area contributed by atoms with E-state index in [4.69, 9.17) is 5.26 Å². The number of rotatable bonds is 2.